The van der Waals surface area contributed by atoms with Gasteiger partial charge in [0.15, 0.2) is 11.5 Å². The Morgan fingerprint density at radius 3 is 2.40 bits per heavy atom. The van der Waals surface area contributed by atoms with Gasteiger partial charge in [-0.25, -0.2) is 0 Å². The van der Waals surface area contributed by atoms with Gasteiger partial charge in [-0.15, -0.1) is 0 Å². The predicted molar refractivity (Wildman–Crippen MR) is 103 cm³/mol. The topological polar surface area (TPSA) is 12.5 Å². The van der Waals surface area contributed by atoms with Gasteiger partial charge in [0.2, 0.25) is 0 Å². The second kappa shape index (κ2) is 4.80. The summed E-state index contributed by atoms with van der Waals surface area (Å²) in [5, 5.41) is 0.768. The molecule has 25 heavy (non-hydrogen) atoms. The molecule has 0 fully saturated rings. The number of hydrogen-bond acceptors (Lipinski definition) is 2. The predicted octanol–water partition coefficient (Wildman–Crippen LogP) is 6.86. The number of ether oxygens (including phenoxy) is 1. The molecule has 2 heterocycles. The molecule has 2 aliphatic heterocycles. The molecule has 5 rings (SSSR count). The number of rotatable bonds is 0. The Labute approximate surface area is 152 Å². The van der Waals surface area contributed by atoms with Crippen molar-refractivity contribution in [3.05, 3.63) is 76.3 Å². The Hall–Kier alpha value is -2.45. The molecule has 0 aliphatic carbocycles. The van der Waals surface area contributed by atoms with Gasteiger partial charge in [0, 0.05) is 10.4 Å². The maximum Gasteiger partial charge on any atom is 0.151 e. The molecule has 0 amide bonds. The van der Waals surface area contributed by atoms with Gasteiger partial charge in [0.1, 0.15) is 0 Å². The van der Waals surface area contributed by atoms with Crippen LogP contribution in [0, 0.1) is 6.92 Å². The van der Waals surface area contributed by atoms with E-state index in [4.69, 9.17) is 16.3 Å². The number of benzene rings is 3. The van der Waals surface area contributed by atoms with Crippen molar-refractivity contribution in [2.75, 3.05) is 4.90 Å². The van der Waals surface area contributed by atoms with E-state index < -0.39 is 0 Å². The summed E-state index contributed by atoms with van der Waals surface area (Å²) in [6.07, 6.45) is 0. The smallest absolute Gasteiger partial charge is 0.151 e. The first-order chi connectivity index (χ1) is 12.0. The number of para-hydroxylation sites is 2. The lowest BCUT2D eigenvalue weighted by molar-refractivity contribution is 0.471. The molecule has 0 radical (unpaired) electrons. The summed E-state index contributed by atoms with van der Waals surface area (Å²) in [4.78, 5) is 2.34. The van der Waals surface area contributed by atoms with E-state index in [-0.39, 0.29) is 5.41 Å². The van der Waals surface area contributed by atoms with Crippen molar-refractivity contribution < 1.29 is 4.74 Å². The van der Waals surface area contributed by atoms with Gasteiger partial charge in [0.05, 0.1) is 17.1 Å². The highest BCUT2D eigenvalue weighted by atomic mass is 35.5. The minimum absolute atomic E-state index is 0.147. The first-order valence-electron chi connectivity index (χ1n) is 8.49. The van der Waals surface area contributed by atoms with Crippen LogP contribution in [0.1, 0.15) is 30.5 Å². The van der Waals surface area contributed by atoms with Crippen LogP contribution < -0.4 is 9.64 Å². The maximum atomic E-state index is 6.36. The van der Waals surface area contributed by atoms with Crippen LogP contribution in [0.3, 0.4) is 0 Å². The summed E-state index contributed by atoms with van der Waals surface area (Å²) in [6.45, 7) is 6.64. The quantitative estimate of drug-likeness (QED) is 0.344. The fourth-order valence-electron chi connectivity index (χ4n) is 4.16. The van der Waals surface area contributed by atoms with E-state index in [1.54, 1.807) is 0 Å². The van der Waals surface area contributed by atoms with E-state index in [1.165, 1.54) is 22.4 Å². The standard InChI is InChI=1S/C22H18ClNO/c1-13-6-4-8-18-20(13)24-17-11-10-14(23)12-16(17)22(2,3)15-7-5-9-19(25-18)21(15)24/h4-12H,1-3H3. The van der Waals surface area contributed by atoms with Crippen LogP contribution >= 0.6 is 11.6 Å². The van der Waals surface area contributed by atoms with Gasteiger partial charge in [-0.05, 0) is 53.9 Å². The number of fused-ring (bicyclic) bond motifs is 4. The molecule has 2 nitrogen and oxygen atoms in total. The highest BCUT2D eigenvalue weighted by Crippen LogP contribution is 2.60. The Bertz CT molecular complexity index is 1030. The molecule has 0 saturated heterocycles. The number of anilines is 3. The minimum atomic E-state index is -0.147. The van der Waals surface area contributed by atoms with Crippen molar-refractivity contribution in [2.45, 2.75) is 26.2 Å². The normalized spacial score (nSPS) is 15.8. The lowest BCUT2D eigenvalue weighted by atomic mass is 9.73. The fraction of sp³-hybridized carbons (Fsp3) is 0.182. The second-order valence-electron chi connectivity index (χ2n) is 7.30. The van der Waals surface area contributed by atoms with Gasteiger partial charge in [-0.3, -0.25) is 0 Å². The van der Waals surface area contributed by atoms with Crippen molar-refractivity contribution in [1.82, 2.24) is 0 Å². The molecule has 3 aromatic rings. The first kappa shape index (κ1) is 14.9. The maximum absolute atomic E-state index is 6.36. The van der Waals surface area contributed by atoms with Crippen molar-refractivity contribution >= 4 is 28.7 Å². The van der Waals surface area contributed by atoms with Gasteiger partial charge in [0.25, 0.3) is 0 Å². The number of nitrogens with zero attached hydrogens (tertiary/aromatic N) is 1. The Morgan fingerprint density at radius 2 is 1.60 bits per heavy atom. The van der Waals surface area contributed by atoms with E-state index >= 15 is 0 Å². The number of hydrogen-bond donors (Lipinski definition) is 0. The highest BCUT2D eigenvalue weighted by Gasteiger charge is 2.41. The fourth-order valence-corrected chi connectivity index (χ4v) is 4.33. The van der Waals surface area contributed by atoms with Crippen LogP contribution in [0.5, 0.6) is 11.5 Å². The van der Waals surface area contributed by atoms with Crippen LogP contribution in [-0.4, -0.2) is 0 Å². The van der Waals surface area contributed by atoms with Crippen LogP contribution in [0.4, 0.5) is 17.1 Å². The highest BCUT2D eigenvalue weighted by molar-refractivity contribution is 6.30. The SMILES string of the molecule is Cc1cccc2c1N1c3ccc(Cl)cc3C(C)(C)c3cccc(c31)O2. The largest absolute Gasteiger partial charge is 0.453 e. The third-order valence-corrected chi connectivity index (χ3v) is 5.65. The Balaban J connectivity index is 1.93. The number of halogens is 1. The zero-order chi connectivity index (χ0) is 17.3. The van der Waals surface area contributed by atoms with Crippen LogP contribution in [-0.2, 0) is 5.41 Å². The molecule has 0 bridgehead atoms. The molecule has 0 unspecified atom stereocenters. The molecule has 0 N–H and O–H groups in total. The molecular weight excluding hydrogens is 330 g/mol. The third kappa shape index (κ3) is 1.86. The van der Waals surface area contributed by atoms with Crippen LogP contribution in [0.25, 0.3) is 0 Å². The molecule has 0 aromatic heterocycles. The van der Waals surface area contributed by atoms with Crippen LogP contribution in [0.2, 0.25) is 5.02 Å². The van der Waals surface area contributed by atoms with Gasteiger partial charge in [-0.2, -0.15) is 0 Å². The van der Waals surface area contributed by atoms with Gasteiger partial charge in [-0.1, -0.05) is 49.7 Å². The van der Waals surface area contributed by atoms with Crippen molar-refractivity contribution in [2.24, 2.45) is 0 Å². The summed E-state index contributed by atoms with van der Waals surface area (Å²) in [7, 11) is 0. The summed E-state index contributed by atoms with van der Waals surface area (Å²) in [5.41, 5.74) is 6.97. The lowest BCUT2D eigenvalue weighted by Crippen LogP contribution is -2.32. The molecule has 0 saturated carbocycles. The zero-order valence-corrected chi connectivity index (χ0v) is 15.2. The van der Waals surface area contributed by atoms with E-state index in [1.807, 2.05) is 24.3 Å². The Kier molecular flexibility index (Phi) is 2.85. The summed E-state index contributed by atoms with van der Waals surface area (Å²) in [6, 6.07) is 18.7. The van der Waals surface area contributed by atoms with E-state index in [0.717, 1.165) is 27.9 Å². The van der Waals surface area contributed by atoms with E-state index in [0.29, 0.717) is 0 Å². The van der Waals surface area contributed by atoms with E-state index in [2.05, 4.69) is 56.0 Å². The van der Waals surface area contributed by atoms with Gasteiger partial charge < -0.3 is 9.64 Å². The summed E-state index contributed by atoms with van der Waals surface area (Å²) < 4.78 is 6.27. The first-order valence-corrected chi connectivity index (χ1v) is 8.87. The monoisotopic (exact) mass is 347 g/mol. The molecule has 0 atom stereocenters. The molecule has 0 spiro atoms. The average Bonchev–Trinajstić information content (AvgIpc) is 2.59. The summed E-state index contributed by atoms with van der Waals surface area (Å²) >= 11 is 6.36. The molecular formula is C22H18ClNO. The lowest BCUT2D eigenvalue weighted by Gasteiger charge is -2.45. The van der Waals surface area contributed by atoms with Crippen molar-refractivity contribution in [3.8, 4) is 11.5 Å². The van der Waals surface area contributed by atoms with Crippen molar-refractivity contribution in [3.63, 3.8) is 0 Å². The van der Waals surface area contributed by atoms with E-state index in [9.17, 15) is 0 Å². The molecule has 3 aromatic carbocycles. The third-order valence-electron chi connectivity index (χ3n) is 5.41. The molecule has 3 heteroatoms. The summed E-state index contributed by atoms with van der Waals surface area (Å²) in [5.74, 6) is 1.80. The Morgan fingerprint density at radius 1 is 0.880 bits per heavy atom. The zero-order valence-electron chi connectivity index (χ0n) is 14.4. The average molecular weight is 348 g/mol. The number of aryl methyl sites for hydroxylation is 1. The van der Waals surface area contributed by atoms with Crippen LogP contribution in [0.15, 0.2) is 54.6 Å². The minimum Gasteiger partial charge on any atom is -0.453 e. The second-order valence-corrected chi connectivity index (χ2v) is 7.73. The molecule has 2 aliphatic rings. The van der Waals surface area contributed by atoms with Gasteiger partial charge >= 0.3 is 0 Å². The molecule has 124 valence electrons. The van der Waals surface area contributed by atoms with Crippen molar-refractivity contribution in [1.29, 1.82) is 0 Å².